The molecular weight excluding hydrogens is 482 g/mol. The summed E-state index contributed by atoms with van der Waals surface area (Å²) in [6.45, 7) is 3.76. The second kappa shape index (κ2) is 10.6. The summed E-state index contributed by atoms with van der Waals surface area (Å²) in [6.07, 6.45) is 1.15. The number of carbonyl (C=O) groups is 2. The van der Waals surface area contributed by atoms with Crippen molar-refractivity contribution in [2.24, 2.45) is 11.8 Å². The summed E-state index contributed by atoms with van der Waals surface area (Å²) in [5.41, 5.74) is 0.752. The summed E-state index contributed by atoms with van der Waals surface area (Å²) in [7, 11) is -2.23. The van der Waals surface area contributed by atoms with E-state index in [1.165, 1.54) is 11.4 Å². The van der Waals surface area contributed by atoms with Crippen LogP contribution in [0.5, 0.6) is 5.75 Å². The van der Waals surface area contributed by atoms with Crippen LogP contribution in [0.2, 0.25) is 0 Å². The lowest BCUT2D eigenvalue weighted by Gasteiger charge is -2.38. The number of aliphatic hydroxyl groups excluding tert-OH is 1. The predicted octanol–water partition coefficient (Wildman–Crippen LogP) is 2.58. The second-order valence-electron chi connectivity index (χ2n) is 9.70. The van der Waals surface area contributed by atoms with Gasteiger partial charge < -0.3 is 20.1 Å². The number of hydrogen-bond acceptors (Lipinski definition) is 6. The van der Waals surface area contributed by atoms with Gasteiger partial charge in [0.1, 0.15) is 11.9 Å². The quantitative estimate of drug-likeness (QED) is 0.558. The van der Waals surface area contributed by atoms with Gasteiger partial charge in [-0.25, -0.2) is 8.42 Å². The van der Waals surface area contributed by atoms with Crippen LogP contribution in [0, 0.1) is 11.8 Å². The molecule has 4 rings (SSSR count). The Morgan fingerprint density at radius 1 is 1.22 bits per heavy atom. The minimum atomic E-state index is -3.74. The standard InChI is InChI=1S/C26H33N3O6S/c1-17-14-29(18(2)16-30)26(32)22-13-20(27-25(31)19-9-10-19)11-12-23(22)35-24(17)15-28(3)36(33,34)21-7-5-4-6-8-21/h4-8,11-13,17-19,24,30H,9-10,14-16H2,1-3H3,(H,27,31)/t17-,18-,24+/m0/s1. The van der Waals surface area contributed by atoms with E-state index in [9.17, 15) is 23.1 Å². The zero-order chi connectivity index (χ0) is 26.0. The van der Waals surface area contributed by atoms with E-state index < -0.39 is 22.2 Å². The molecule has 1 aliphatic heterocycles. The molecule has 0 spiro atoms. The van der Waals surface area contributed by atoms with Crippen LogP contribution in [0.3, 0.4) is 0 Å². The van der Waals surface area contributed by atoms with Crippen molar-refractivity contribution in [1.29, 1.82) is 0 Å². The van der Waals surface area contributed by atoms with Gasteiger partial charge in [0.25, 0.3) is 5.91 Å². The molecule has 36 heavy (non-hydrogen) atoms. The number of fused-ring (bicyclic) bond motifs is 1. The van der Waals surface area contributed by atoms with E-state index in [0.717, 1.165) is 12.8 Å². The van der Waals surface area contributed by atoms with Crippen molar-refractivity contribution in [1.82, 2.24) is 9.21 Å². The van der Waals surface area contributed by atoms with Gasteiger partial charge >= 0.3 is 0 Å². The maximum atomic E-state index is 13.5. The molecule has 0 aromatic heterocycles. The Balaban J connectivity index is 1.65. The molecule has 2 N–H and O–H groups in total. The van der Waals surface area contributed by atoms with Crippen LogP contribution in [-0.2, 0) is 14.8 Å². The topological polar surface area (TPSA) is 116 Å². The fraction of sp³-hybridized carbons (Fsp3) is 0.462. The molecule has 2 aromatic rings. The number of sulfonamides is 1. The highest BCUT2D eigenvalue weighted by atomic mass is 32.2. The Bertz CT molecular complexity index is 1220. The molecule has 0 unspecified atom stereocenters. The van der Waals surface area contributed by atoms with Crippen molar-refractivity contribution >= 4 is 27.5 Å². The zero-order valence-corrected chi connectivity index (χ0v) is 21.6. The van der Waals surface area contributed by atoms with E-state index in [4.69, 9.17) is 4.74 Å². The fourth-order valence-corrected chi connectivity index (χ4v) is 5.44. The first-order chi connectivity index (χ1) is 17.1. The van der Waals surface area contributed by atoms with Gasteiger partial charge in [0.2, 0.25) is 15.9 Å². The molecule has 9 nitrogen and oxygen atoms in total. The number of amides is 2. The Morgan fingerprint density at radius 3 is 2.56 bits per heavy atom. The fourth-order valence-electron chi connectivity index (χ4n) is 4.23. The smallest absolute Gasteiger partial charge is 0.258 e. The summed E-state index contributed by atoms with van der Waals surface area (Å²) in [5, 5.41) is 12.7. The van der Waals surface area contributed by atoms with Crippen LogP contribution in [0.25, 0.3) is 0 Å². The average molecular weight is 516 g/mol. The Morgan fingerprint density at radius 2 is 1.92 bits per heavy atom. The van der Waals surface area contributed by atoms with E-state index in [1.54, 1.807) is 60.4 Å². The number of rotatable bonds is 8. The highest BCUT2D eigenvalue weighted by Gasteiger charge is 2.36. The second-order valence-corrected chi connectivity index (χ2v) is 11.7. The minimum Gasteiger partial charge on any atom is -0.488 e. The third-order valence-corrected chi connectivity index (χ3v) is 8.61. The molecule has 2 aromatic carbocycles. The van der Waals surface area contributed by atoms with Crippen molar-refractivity contribution in [3.63, 3.8) is 0 Å². The van der Waals surface area contributed by atoms with Gasteiger partial charge in [-0.3, -0.25) is 9.59 Å². The lowest BCUT2D eigenvalue weighted by Crippen LogP contribution is -2.50. The SMILES string of the molecule is C[C@H]1CN([C@@H](C)CO)C(=O)c2cc(NC(=O)C3CC3)ccc2O[C@@H]1CN(C)S(=O)(=O)c1ccccc1. The van der Waals surface area contributed by atoms with Crippen molar-refractivity contribution < 1.29 is 27.9 Å². The number of nitrogens with zero attached hydrogens (tertiary/aromatic N) is 2. The number of likely N-dealkylation sites (N-methyl/N-ethyl adjacent to an activating group) is 1. The van der Waals surface area contributed by atoms with E-state index in [1.807, 2.05) is 6.92 Å². The maximum Gasteiger partial charge on any atom is 0.258 e. The van der Waals surface area contributed by atoms with Crippen molar-refractivity contribution in [3.05, 3.63) is 54.1 Å². The van der Waals surface area contributed by atoms with Crippen LogP contribution in [0.1, 0.15) is 37.0 Å². The van der Waals surface area contributed by atoms with Gasteiger partial charge in [-0.1, -0.05) is 25.1 Å². The molecule has 0 saturated heterocycles. The first kappa shape index (κ1) is 26.1. The molecule has 1 saturated carbocycles. The molecular formula is C26H33N3O6S. The molecule has 1 fully saturated rings. The minimum absolute atomic E-state index is 0.0113. The van der Waals surface area contributed by atoms with Crippen LogP contribution in [0.15, 0.2) is 53.4 Å². The van der Waals surface area contributed by atoms with Crippen LogP contribution in [-0.4, -0.2) is 73.4 Å². The molecule has 1 heterocycles. The Kier molecular flexibility index (Phi) is 7.67. The molecule has 194 valence electrons. The molecule has 2 aliphatic rings. The summed E-state index contributed by atoms with van der Waals surface area (Å²) in [4.78, 5) is 27.5. The highest BCUT2D eigenvalue weighted by molar-refractivity contribution is 7.89. The molecule has 0 radical (unpaired) electrons. The summed E-state index contributed by atoms with van der Waals surface area (Å²) < 4.78 is 33.8. The maximum absolute atomic E-state index is 13.5. The van der Waals surface area contributed by atoms with Crippen molar-refractivity contribution in [3.8, 4) is 5.75 Å². The predicted molar refractivity (Wildman–Crippen MR) is 135 cm³/mol. The molecule has 2 amide bonds. The normalized spacial score (nSPS) is 21.2. The number of nitrogens with one attached hydrogen (secondary N) is 1. The van der Waals surface area contributed by atoms with E-state index in [2.05, 4.69) is 5.32 Å². The molecule has 0 bridgehead atoms. The third kappa shape index (κ3) is 5.55. The zero-order valence-electron chi connectivity index (χ0n) is 20.8. The van der Waals surface area contributed by atoms with E-state index in [-0.39, 0.29) is 53.8 Å². The van der Waals surface area contributed by atoms with Gasteiger partial charge in [0.15, 0.2) is 0 Å². The lowest BCUT2D eigenvalue weighted by atomic mass is 9.99. The van der Waals surface area contributed by atoms with Crippen molar-refractivity contribution in [2.45, 2.75) is 43.7 Å². The number of hydrogen-bond donors (Lipinski definition) is 2. The van der Waals surface area contributed by atoms with Crippen LogP contribution in [0.4, 0.5) is 5.69 Å². The Labute approximate surface area is 212 Å². The summed E-state index contributed by atoms with van der Waals surface area (Å²) >= 11 is 0. The Hall–Kier alpha value is -2.95. The summed E-state index contributed by atoms with van der Waals surface area (Å²) in [6, 6.07) is 12.6. The first-order valence-corrected chi connectivity index (χ1v) is 13.6. The number of benzene rings is 2. The van der Waals surface area contributed by atoms with Gasteiger partial charge in [0.05, 0.1) is 29.7 Å². The highest BCUT2D eigenvalue weighted by Crippen LogP contribution is 2.33. The van der Waals surface area contributed by atoms with Gasteiger partial charge in [-0.15, -0.1) is 0 Å². The van der Waals surface area contributed by atoms with E-state index >= 15 is 0 Å². The number of aliphatic hydroxyl groups is 1. The lowest BCUT2D eigenvalue weighted by molar-refractivity contribution is -0.117. The first-order valence-electron chi connectivity index (χ1n) is 12.2. The average Bonchev–Trinajstić information content (AvgIpc) is 3.72. The van der Waals surface area contributed by atoms with Gasteiger partial charge in [0, 0.05) is 31.1 Å². The monoisotopic (exact) mass is 515 g/mol. The summed E-state index contributed by atoms with van der Waals surface area (Å²) in [5.74, 6) is -0.309. The molecule has 3 atom stereocenters. The number of carbonyl (C=O) groups excluding carboxylic acids is 2. The van der Waals surface area contributed by atoms with E-state index in [0.29, 0.717) is 11.4 Å². The van der Waals surface area contributed by atoms with Crippen molar-refractivity contribution in [2.75, 3.05) is 32.1 Å². The molecule has 1 aliphatic carbocycles. The van der Waals surface area contributed by atoms with Gasteiger partial charge in [-0.2, -0.15) is 4.31 Å². The number of anilines is 1. The van der Waals surface area contributed by atoms with Gasteiger partial charge in [-0.05, 0) is 50.1 Å². The molecule has 10 heteroatoms. The third-order valence-electron chi connectivity index (χ3n) is 6.77. The number of ether oxygens (including phenoxy) is 1. The van der Waals surface area contributed by atoms with Crippen LogP contribution < -0.4 is 10.1 Å². The largest absolute Gasteiger partial charge is 0.488 e. The van der Waals surface area contributed by atoms with Crippen LogP contribution >= 0.6 is 0 Å².